The average Bonchev–Trinajstić information content (AvgIpc) is 2.67. The number of aliphatic carboxylic acids is 1. The molecule has 0 aromatic heterocycles. The fraction of sp³-hybridized carbons (Fsp3) is 0.778. The van der Waals surface area contributed by atoms with Gasteiger partial charge in [-0.25, -0.2) is 4.79 Å². The fourth-order valence-corrected chi connectivity index (χ4v) is 2.47. The van der Waals surface area contributed by atoms with Gasteiger partial charge in [0.15, 0.2) is 0 Å². The molecule has 29 heavy (non-hydrogen) atoms. The zero-order valence-corrected chi connectivity index (χ0v) is 17.3. The number of carbonyl (C=O) groups is 4. The van der Waals surface area contributed by atoms with Gasteiger partial charge in [0.2, 0.25) is 17.7 Å². The molecular formula is C18H34N4O7. The highest BCUT2D eigenvalue weighted by atomic mass is 16.4. The molecule has 0 rings (SSSR count). The maximum atomic E-state index is 12.6. The number of carboxylic acid groups (broad SMARTS) is 1. The molecule has 0 aromatic rings. The van der Waals surface area contributed by atoms with Crippen LogP contribution >= 0.6 is 0 Å². The maximum Gasteiger partial charge on any atom is 0.326 e. The van der Waals surface area contributed by atoms with Crippen molar-refractivity contribution in [2.45, 2.75) is 64.7 Å². The van der Waals surface area contributed by atoms with Crippen LogP contribution in [0.5, 0.6) is 0 Å². The number of aliphatic hydroxyl groups excluding tert-OH is 2. The quantitative estimate of drug-likeness (QED) is 0.177. The van der Waals surface area contributed by atoms with Gasteiger partial charge in [0.1, 0.15) is 24.2 Å². The minimum absolute atomic E-state index is 0.000372. The lowest BCUT2D eigenvalue weighted by molar-refractivity contribution is -0.144. The number of nitrogens with two attached hydrogens (primary N) is 1. The number of hydrogen-bond donors (Lipinski definition) is 7. The Morgan fingerprint density at radius 1 is 0.862 bits per heavy atom. The summed E-state index contributed by atoms with van der Waals surface area (Å²) in [7, 11) is 0. The predicted molar refractivity (Wildman–Crippen MR) is 104 cm³/mol. The van der Waals surface area contributed by atoms with E-state index in [0.717, 1.165) is 0 Å². The van der Waals surface area contributed by atoms with Crippen LogP contribution in [0, 0.1) is 11.8 Å². The van der Waals surface area contributed by atoms with E-state index in [1.165, 1.54) is 0 Å². The maximum absolute atomic E-state index is 12.6. The van der Waals surface area contributed by atoms with Crippen LogP contribution in [0.2, 0.25) is 0 Å². The van der Waals surface area contributed by atoms with Crippen LogP contribution < -0.4 is 21.7 Å². The second kappa shape index (κ2) is 13.1. The minimum atomic E-state index is -1.40. The Balaban J connectivity index is 5.23. The van der Waals surface area contributed by atoms with E-state index in [0.29, 0.717) is 6.42 Å². The first-order chi connectivity index (χ1) is 13.5. The number of nitrogens with one attached hydrogen (secondary N) is 3. The lowest BCUT2D eigenvalue weighted by atomic mass is 9.99. The first kappa shape index (κ1) is 26.8. The topological polar surface area (TPSA) is 191 Å². The Morgan fingerprint density at radius 2 is 1.38 bits per heavy atom. The van der Waals surface area contributed by atoms with Crippen molar-refractivity contribution in [1.29, 1.82) is 0 Å². The van der Waals surface area contributed by atoms with Gasteiger partial charge in [-0.15, -0.1) is 0 Å². The second-order valence-electron chi connectivity index (χ2n) is 7.43. The van der Waals surface area contributed by atoms with Crippen molar-refractivity contribution in [3.63, 3.8) is 0 Å². The highest BCUT2D eigenvalue weighted by Gasteiger charge is 2.31. The normalized spacial score (nSPS) is 16.3. The first-order valence-electron chi connectivity index (χ1n) is 9.59. The van der Waals surface area contributed by atoms with E-state index in [2.05, 4.69) is 16.0 Å². The summed E-state index contributed by atoms with van der Waals surface area (Å²) in [6.45, 7) is 5.70. The largest absolute Gasteiger partial charge is 0.480 e. The molecule has 0 fully saturated rings. The summed E-state index contributed by atoms with van der Waals surface area (Å²) >= 11 is 0. The van der Waals surface area contributed by atoms with Crippen molar-refractivity contribution < 1.29 is 34.5 Å². The highest BCUT2D eigenvalue weighted by molar-refractivity contribution is 5.94. The molecule has 0 aliphatic carbocycles. The van der Waals surface area contributed by atoms with Crippen LogP contribution in [0.4, 0.5) is 0 Å². The molecule has 0 aliphatic heterocycles. The van der Waals surface area contributed by atoms with Crippen molar-refractivity contribution in [3.05, 3.63) is 0 Å². The number of aliphatic hydroxyl groups is 2. The molecule has 11 nitrogen and oxygen atoms in total. The Kier molecular flexibility index (Phi) is 12.1. The Morgan fingerprint density at radius 3 is 1.79 bits per heavy atom. The number of amides is 3. The molecule has 5 atom stereocenters. The van der Waals surface area contributed by atoms with Gasteiger partial charge in [0.25, 0.3) is 0 Å². The average molecular weight is 418 g/mol. The Hall–Kier alpha value is -2.24. The van der Waals surface area contributed by atoms with Gasteiger partial charge in [0.05, 0.1) is 13.2 Å². The molecule has 11 heteroatoms. The summed E-state index contributed by atoms with van der Waals surface area (Å²) in [5.74, 6) is -3.91. The number of carbonyl (C=O) groups excluding carboxylic acids is 3. The minimum Gasteiger partial charge on any atom is -0.480 e. The fourth-order valence-electron chi connectivity index (χ4n) is 2.47. The van der Waals surface area contributed by atoms with E-state index >= 15 is 0 Å². The lowest BCUT2D eigenvalue weighted by Crippen LogP contribution is -2.59. The van der Waals surface area contributed by atoms with Gasteiger partial charge in [-0.2, -0.15) is 0 Å². The lowest BCUT2D eigenvalue weighted by Gasteiger charge is -2.26. The molecule has 8 N–H and O–H groups in total. The summed E-state index contributed by atoms with van der Waals surface area (Å²) in [6.07, 6.45) is 0.723. The van der Waals surface area contributed by atoms with E-state index in [-0.39, 0.29) is 18.3 Å². The molecule has 3 amide bonds. The third-order valence-corrected chi connectivity index (χ3v) is 4.47. The van der Waals surface area contributed by atoms with Crippen LogP contribution in [0.3, 0.4) is 0 Å². The molecule has 0 spiro atoms. The second-order valence-corrected chi connectivity index (χ2v) is 7.43. The molecule has 0 saturated carbocycles. The van der Waals surface area contributed by atoms with E-state index in [1.807, 2.05) is 13.8 Å². The summed E-state index contributed by atoms with van der Waals surface area (Å²) in [5, 5.41) is 34.8. The van der Waals surface area contributed by atoms with Crippen molar-refractivity contribution in [2.75, 3.05) is 13.2 Å². The van der Waals surface area contributed by atoms with Gasteiger partial charge in [-0.05, 0) is 18.3 Å². The smallest absolute Gasteiger partial charge is 0.326 e. The Bertz CT molecular complexity index is 570. The molecule has 0 saturated heterocycles. The summed E-state index contributed by atoms with van der Waals surface area (Å²) < 4.78 is 0. The molecule has 0 aromatic carbocycles. The Labute approximate surface area is 170 Å². The molecule has 168 valence electrons. The van der Waals surface area contributed by atoms with Crippen molar-refractivity contribution in [1.82, 2.24) is 16.0 Å². The van der Waals surface area contributed by atoms with Gasteiger partial charge >= 0.3 is 5.97 Å². The van der Waals surface area contributed by atoms with Crippen molar-refractivity contribution >= 4 is 23.7 Å². The molecule has 0 radical (unpaired) electrons. The van der Waals surface area contributed by atoms with Crippen LogP contribution in [-0.4, -0.2) is 76.4 Å². The number of carboxylic acids is 1. The third-order valence-electron chi connectivity index (χ3n) is 4.47. The molecule has 5 unspecified atom stereocenters. The third kappa shape index (κ3) is 9.20. The van der Waals surface area contributed by atoms with Crippen molar-refractivity contribution in [3.8, 4) is 0 Å². The van der Waals surface area contributed by atoms with Crippen LogP contribution in [0.15, 0.2) is 0 Å². The summed E-state index contributed by atoms with van der Waals surface area (Å²) in [6, 6.07) is -4.83. The summed E-state index contributed by atoms with van der Waals surface area (Å²) in [5.41, 5.74) is 5.44. The number of rotatable bonds is 13. The van der Waals surface area contributed by atoms with Crippen LogP contribution in [0.25, 0.3) is 0 Å². The molecule has 0 aliphatic rings. The van der Waals surface area contributed by atoms with Gasteiger partial charge in [-0.3, -0.25) is 14.4 Å². The zero-order valence-electron chi connectivity index (χ0n) is 17.3. The van der Waals surface area contributed by atoms with Crippen molar-refractivity contribution in [2.24, 2.45) is 17.6 Å². The zero-order chi connectivity index (χ0) is 22.7. The van der Waals surface area contributed by atoms with E-state index in [1.54, 1.807) is 13.8 Å². The van der Waals surface area contributed by atoms with E-state index < -0.39 is 61.1 Å². The van der Waals surface area contributed by atoms with E-state index in [9.17, 15) is 29.4 Å². The first-order valence-corrected chi connectivity index (χ1v) is 9.59. The standard InChI is InChI=1S/C18H34N4O7/c1-5-10(4)14(18(28)29)22-17(27)13(8-24)21-16(26)12(6-9(2)3)20-15(25)11(19)7-23/h9-14,23-24H,5-8,19H2,1-4H3,(H,20,25)(H,21,26)(H,22,27)(H,28,29). The van der Waals surface area contributed by atoms with E-state index in [4.69, 9.17) is 10.8 Å². The molecule has 0 bridgehead atoms. The number of hydrogen-bond acceptors (Lipinski definition) is 7. The SMILES string of the molecule is CCC(C)C(NC(=O)C(CO)NC(=O)C(CC(C)C)NC(=O)C(N)CO)C(=O)O. The highest BCUT2D eigenvalue weighted by Crippen LogP contribution is 2.09. The van der Waals surface area contributed by atoms with Gasteiger partial charge < -0.3 is 37.0 Å². The molecule has 0 heterocycles. The van der Waals surface area contributed by atoms with Gasteiger partial charge in [-0.1, -0.05) is 34.1 Å². The van der Waals surface area contributed by atoms with Crippen LogP contribution in [0.1, 0.15) is 40.5 Å². The predicted octanol–water partition coefficient (Wildman–Crippen LogP) is -2.07. The van der Waals surface area contributed by atoms with Crippen LogP contribution in [-0.2, 0) is 19.2 Å². The molecular weight excluding hydrogens is 384 g/mol. The van der Waals surface area contributed by atoms with Gasteiger partial charge in [0, 0.05) is 0 Å². The summed E-state index contributed by atoms with van der Waals surface area (Å²) in [4.78, 5) is 48.2. The monoisotopic (exact) mass is 418 g/mol.